The van der Waals surface area contributed by atoms with E-state index in [4.69, 9.17) is 0 Å². The van der Waals surface area contributed by atoms with Crippen LogP contribution in [0.25, 0.3) is 22.3 Å². The fourth-order valence-electron chi connectivity index (χ4n) is 3.86. The lowest BCUT2D eigenvalue weighted by Crippen LogP contribution is -2.17. The molecule has 4 rings (SSSR count). The Morgan fingerprint density at radius 3 is 2.78 bits per heavy atom. The molecule has 10 heteroatoms. The van der Waals surface area contributed by atoms with Crippen LogP contribution >= 0.6 is 44.2 Å². The number of fused-ring (bicyclic) bond motifs is 1. The lowest BCUT2D eigenvalue weighted by atomic mass is 9.96. The maximum absolute atomic E-state index is 13.2. The third-order valence-corrected chi connectivity index (χ3v) is 6.72. The molecule has 0 spiro atoms. The second-order valence-corrected chi connectivity index (χ2v) is 8.72. The average Bonchev–Trinajstić information content (AvgIpc) is 3.39. The molecule has 1 saturated carbocycles. The summed E-state index contributed by atoms with van der Waals surface area (Å²) in [6.07, 6.45) is 10.1. The SMILES string of the molecule is N#CCC(C1CCCC1)n1cc(-c2ncnc3c2c(Br)cn3SF)c(Br)n1. The minimum absolute atomic E-state index is 0.0503. The van der Waals surface area contributed by atoms with Crippen LogP contribution in [0.1, 0.15) is 38.1 Å². The smallest absolute Gasteiger partial charge is 0.171 e. The van der Waals surface area contributed by atoms with Gasteiger partial charge in [0.2, 0.25) is 0 Å². The number of hydrogen-bond acceptors (Lipinski definition) is 5. The number of nitriles is 1. The first-order valence-corrected chi connectivity index (χ1v) is 10.8. The first-order chi connectivity index (χ1) is 13.1. The number of hydrogen-bond donors (Lipinski definition) is 0. The van der Waals surface area contributed by atoms with E-state index in [-0.39, 0.29) is 18.4 Å². The summed E-state index contributed by atoms with van der Waals surface area (Å²) in [4.78, 5) is 8.63. The van der Waals surface area contributed by atoms with Crippen molar-refractivity contribution in [3.8, 4) is 17.3 Å². The van der Waals surface area contributed by atoms with E-state index >= 15 is 0 Å². The molecule has 0 radical (unpaired) electrons. The molecule has 0 aliphatic heterocycles. The second-order valence-electron chi connectivity index (χ2n) is 6.58. The van der Waals surface area contributed by atoms with E-state index in [0.29, 0.717) is 32.8 Å². The van der Waals surface area contributed by atoms with Crippen molar-refractivity contribution >= 4 is 55.2 Å². The topological polar surface area (TPSA) is 72.3 Å². The Hall–Kier alpha value is -1.44. The summed E-state index contributed by atoms with van der Waals surface area (Å²) in [6, 6.07) is 2.35. The molecular weight excluding hydrogens is 499 g/mol. The quantitative estimate of drug-likeness (QED) is 0.428. The lowest BCUT2D eigenvalue weighted by molar-refractivity contribution is 0.314. The van der Waals surface area contributed by atoms with Crippen LogP contribution in [0.15, 0.2) is 27.8 Å². The number of aromatic nitrogens is 5. The monoisotopic (exact) mass is 512 g/mol. The molecule has 1 atom stereocenters. The molecule has 0 N–H and O–H groups in total. The molecule has 1 fully saturated rings. The molecule has 1 aliphatic carbocycles. The van der Waals surface area contributed by atoms with Crippen LogP contribution in [0.3, 0.4) is 0 Å². The molecular formula is C17H15Br2FN6S. The molecule has 27 heavy (non-hydrogen) atoms. The van der Waals surface area contributed by atoms with Crippen LogP contribution < -0.4 is 0 Å². The van der Waals surface area contributed by atoms with Gasteiger partial charge in [-0.05, 0) is 50.6 Å². The predicted molar refractivity (Wildman–Crippen MR) is 109 cm³/mol. The first kappa shape index (κ1) is 18.9. The van der Waals surface area contributed by atoms with Crippen LogP contribution in [0.2, 0.25) is 0 Å². The summed E-state index contributed by atoms with van der Waals surface area (Å²) >= 11 is 7.11. The van der Waals surface area contributed by atoms with Gasteiger partial charge >= 0.3 is 0 Å². The maximum atomic E-state index is 13.2. The highest BCUT2D eigenvalue weighted by Crippen LogP contribution is 2.40. The normalized spacial score (nSPS) is 16.1. The van der Waals surface area contributed by atoms with Crippen LogP contribution in [0.5, 0.6) is 0 Å². The van der Waals surface area contributed by atoms with Gasteiger partial charge < -0.3 is 0 Å². The van der Waals surface area contributed by atoms with Gasteiger partial charge in [-0.2, -0.15) is 10.4 Å². The van der Waals surface area contributed by atoms with Crippen molar-refractivity contribution in [3.63, 3.8) is 0 Å². The van der Waals surface area contributed by atoms with Crippen molar-refractivity contribution in [3.05, 3.63) is 27.8 Å². The summed E-state index contributed by atoms with van der Waals surface area (Å²) in [5.41, 5.74) is 1.95. The van der Waals surface area contributed by atoms with Crippen LogP contribution in [0.4, 0.5) is 3.89 Å². The van der Waals surface area contributed by atoms with Crippen molar-refractivity contribution in [2.75, 3.05) is 0 Å². The van der Waals surface area contributed by atoms with E-state index in [9.17, 15) is 9.15 Å². The molecule has 0 bridgehead atoms. The average molecular weight is 514 g/mol. The zero-order chi connectivity index (χ0) is 19.0. The summed E-state index contributed by atoms with van der Waals surface area (Å²) in [5.74, 6) is 0.463. The third-order valence-electron chi connectivity index (χ3n) is 5.11. The molecule has 1 unspecified atom stereocenters. The minimum atomic E-state index is 0.0503. The molecule has 3 aromatic rings. The van der Waals surface area contributed by atoms with Gasteiger partial charge in [0.25, 0.3) is 0 Å². The fraction of sp³-hybridized carbons (Fsp3) is 0.412. The molecule has 0 saturated heterocycles. The Labute approximate surface area is 176 Å². The Kier molecular flexibility index (Phi) is 5.53. The third kappa shape index (κ3) is 3.41. The lowest BCUT2D eigenvalue weighted by Gasteiger charge is -2.21. The van der Waals surface area contributed by atoms with Crippen molar-refractivity contribution in [1.82, 2.24) is 23.7 Å². The van der Waals surface area contributed by atoms with E-state index in [1.54, 1.807) is 6.20 Å². The zero-order valence-electron chi connectivity index (χ0n) is 14.1. The highest BCUT2D eigenvalue weighted by molar-refractivity contribution is 9.11. The minimum Gasteiger partial charge on any atom is -0.267 e. The highest BCUT2D eigenvalue weighted by atomic mass is 79.9. The first-order valence-electron chi connectivity index (χ1n) is 8.56. The van der Waals surface area contributed by atoms with Gasteiger partial charge in [-0.15, -0.1) is 3.89 Å². The predicted octanol–water partition coefficient (Wildman–Crippen LogP) is 5.85. The van der Waals surface area contributed by atoms with Gasteiger partial charge in [-0.3, -0.25) is 4.68 Å². The molecule has 0 amide bonds. The van der Waals surface area contributed by atoms with E-state index < -0.39 is 0 Å². The Balaban J connectivity index is 1.81. The summed E-state index contributed by atoms with van der Waals surface area (Å²) in [5, 5.41) is 14.6. The van der Waals surface area contributed by atoms with Crippen molar-refractivity contribution in [2.24, 2.45) is 5.92 Å². The van der Waals surface area contributed by atoms with Crippen molar-refractivity contribution in [1.29, 1.82) is 5.26 Å². The molecule has 3 heterocycles. The van der Waals surface area contributed by atoms with Crippen LogP contribution in [0, 0.1) is 17.2 Å². The molecule has 140 valence electrons. The number of nitrogens with zero attached hydrogens (tertiary/aromatic N) is 6. The van der Waals surface area contributed by atoms with Crippen LogP contribution in [-0.4, -0.2) is 23.7 Å². The van der Waals surface area contributed by atoms with Gasteiger partial charge in [-0.25, -0.2) is 13.9 Å². The Morgan fingerprint density at radius 2 is 2.07 bits per heavy atom. The van der Waals surface area contributed by atoms with Crippen LogP contribution in [-0.2, 0) is 0 Å². The van der Waals surface area contributed by atoms with Gasteiger partial charge in [-0.1, -0.05) is 12.8 Å². The van der Waals surface area contributed by atoms with Gasteiger partial charge in [0, 0.05) is 16.9 Å². The summed E-state index contributed by atoms with van der Waals surface area (Å²) < 4.78 is 17.8. The van der Waals surface area contributed by atoms with Gasteiger partial charge in [0.1, 0.15) is 10.9 Å². The summed E-state index contributed by atoms with van der Waals surface area (Å²) in [7, 11) is 0. The number of halogens is 3. The van der Waals surface area contributed by atoms with Gasteiger partial charge in [0.15, 0.2) is 18.0 Å². The fourth-order valence-corrected chi connectivity index (χ4v) is 5.39. The Morgan fingerprint density at radius 1 is 1.30 bits per heavy atom. The van der Waals surface area contributed by atoms with E-state index in [2.05, 4.69) is 53.0 Å². The molecule has 0 aromatic carbocycles. The summed E-state index contributed by atoms with van der Waals surface area (Å²) in [6.45, 7) is 0. The van der Waals surface area contributed by atoms with E-state index in [0.717, 1.165) is 23.8 Å². The van der Waals surface area contributed by atoms with Crippen molar-refractivity contribution < 1.29 is 3.89 Å². The van der Waals surface area contributed by atoms with E-state index in [1.807, 2.05) is 10.9 Å². The standard InChI is InChI=1S/C17H15Br2FN6S/c18-12-8-26(27-20)17-14(12)15(22-9-23-17)11-7-25(24-16(11)19)13(5-6-21)10-3-1-2-4-10/h7-10,13H,1-5H2. The Bertz CT molecular complexity index is 1020. The molecule has 3 aromatic heterocycles. The maximum Gasteiger partial charge on any atom is 0.171 e. The molecule has 1 aliphatic rings. The van der Waals surface area contributed by atoms with Crippen molar-refractivity contribution in [2.45, 2.75) is 38.1 Å². The molecule has 6 nitrogen and oxygen atoms in total. The van der Waals surface area contributed by atoms with Gasteiger partial charge in [0.05, 0.1) is 35.2 Å². The van der Waals surface area contributed by atoms with E-state index in [1.165, 1.54) is 23.1 Å². The largest absolute Gasteiger partial charge is 0.267 e. The second kappa shape index (κ2) is 7.89. The highest BCUT2D eigenvalue weighted by Gasteiger charge is 2.28. The number of rotatable bonds is 5. The zero-order valence-corrected chi connectivity index (χ0v) is 18.1.